The predicted molar refractivity (Wildman–Crippen MR) is 87.3 cm³/mol. The van der Waals surface area contributed by atoms with Gasteiger partial charge in [-0.1, -0.05) is 34.5 Å². The van der Waals surface area contributed by atoms with Crippen LogP contribution in [0.2, 0.25) is 5.02 Å². The maximum atomic E-state index is 13.7. The molecule has 0 radical (unpaired) electrons. The average Bonchev–Trinajstić information content (AvgIpc) is 2.47. The first-order valence-electron chi connectivity index (χ1n) is 6.66. The molecular weight excluding hydrogens is 357 g/mol. The third-order valence-corrected chi connectivity index (χ3v) is 3.71. The second kappa shape index (κ2) is 7.78. The lowest BCUT2D eigenvalue weighted by Crippen LogP contribution is -2.13. The monoisotopic (exact) mass is 371 g/mol. The van der Waals surface area contributed by atoms with Crippen molar-refractivity contribution in [3.05, 3.63) is 62.8 Å². The van der Waals surface area contributed by atoms with Crippen LogP contribution in [0.3, 0.4) is 0 Å². The Bertz CT molecular complexity index is 621. The molecule has 1 N–H and O–H groups in total. The molecule has 0 fully saturated rings. The van der Waals surface area contributed by atoms with Crippen molar-refractivity contribution in [3.8, 4) is 5.75 Å². The molecule has 2 aromatic rings. The van der Waals surface area contributed by atoms with E-state index in [1.165, 1.54) is 6.07 Å². The first-order valence-corrected chi connectivity index (χ1v) is 7.83. The summed E-state index contributed by atoms with van der Waals surface area (Å²) in [6, 6.07) is 10.2. The Morgan fingerprint density at radius 3 is 2.76 bits per heavy atom. The highest BCUT2D eigenvalue weighted by atomic mass is 79.9. The molecular formula is C16H16BrClFNO. The van der Waals surface area contributed by atoms with Gasteiger partial charge in [0, 0.05) is 27.2 Å². The Morgan fingerprint density at radius 2 is 2.00 bits per heavy atom. The van der Waals surface area contributed by atoms with Crippen LogP contribution in [0, 0.1) is 5.82 Å². The van der Waals surface area contributed by atoms with Gasteiger partial charge < -0.3 is 10.1 Å². The van der Waals surface area contributed by atoms with Crippen molar-refractivity contribution in [2.24, 2.45) is 0 Å². The summed E-state index contributed by atoms with van der Waals surface area (Å²) in [7, 11) is 0. The third kappa shape index (κ3) is 4.70. The summed E-state index contributed by atoms with van der Waals surface area (Å²) in [6.45, 7) is 3.72. The van der Waals surface area contributed by atoms with E-state index in [1.54, 1.807) is 18.2 Å². The van der Waals surface area contributed by atoms with Crippen molar-refractivity contribution in [2.75, 3.05) is 6.54 Å². The van der Waals surface area contributed by atoms with Crippen LogP contribution in [0.4, 0.5) is 4.39 Å². The maximum Gasteiger partial charge on any atom is 0.129 e. The van der Waals surface area contributed by atoms with Crippen molar-refractivity contribution in [1.82, 2.24) is 5.32 Å². The van der Waals surface area contributed by atoms with Crippen LogP contribution < -0.4 is 10.1 Å². The van der Waals surface area contributed by atoms with Gasteiger partial charge in [-0.3, -0.25) is 0 Å². The van der Waals surface area contributed by atoms with Gasteiger partial charge >= 0.3 is 0 Å². The van der Waals surface area contributed by atoms with Crippen LogP contribution in [0.25, 0.3) is 0 Å². The van der Waals surface area contributed by atoms with Crippen molar-refractivity contribution in [1.29, 1.82) is 0 Å². The molecule has 0 aliphatic heterocycles. The van der Waals surface area contributed by atoms with E-state index in [9.17, 15) is 4.39 Å². The van der Waals surface area contributed by atoms with E-state index in [2.05, 4.69) is 21.2 Å². The minimum absolute atomic E-state index is 0.173. The van der Waals surface area contributed by atoms with Gasteiger partial charge in [-0.15, -0.1) is 0 Å². The minimum atomic E-state index is -0.277. The van der Waals surface area contributed by atoms with Crippen LogP contribution in [0.1, 0.15) is 18.1 Å². The molecule has 0 saturated carbocycles. The number of rotatable bonds is 6. The Balaban J connectivity index is 2.13. The van der Waals surface area contributed by atoms with Gasteiger partial charge in [-0.2, -0.15) is 0 Å². The molecule has 0 atom stereocenters. The number of halogens is 3. The summed E-state index contributed by atoms with van der Waals surface area (Å²) in [4.78, 5) is 0. The molecule has 0 aliphatic rings. The first-order chi connectivity index (χ1) is 10.1. The summed E-state index contributed by atoms with van der Waals surface area (Å²) in [5, 5.41) is 3.89. The number of benzene rings is 2. The molecule has 0 spiro atoms. The number of ether oxygens (including phenoxy) is 1. The van der Waals surface area contributed by atoms with Crippen molar-refractivity contribution in [2.45, 2.75) is 20.1 Å². The fourth-order valence-electron chi connectivity index (χ4n) is 1.90. The van der Waals surface area contributed by atoms with Crippen LogP contribution in [0.15, 0.2) is 40.9 Å². The number of hydrogen-bond donors (Lipinski definition) is 1. The Morgan fingerprint density at radius 1 is 1.19 bits per heavy atom. The molecule has 0 bridgehead atoms. The molecule has 2 nitrogen and oxygen atoms in total. The lowest BCUT2D eigenvalue weighted by molar-refractivity contribution is 0.296. The molecule has 2 aromatic carbocycles. The van der Waals surface area contributed by atoms with Gasteiger partial charge in [-0.25, -0.2) is 4.39 Å². The van der Waals surface area contributed by atoms with Crippen LogP contribution in [-0.2, 0) is 13.2 Å². The summed E-state index contributed by atoms with van der Waals surface area (Å²) >= 11 is 9.34. The van der Waals surface area contributed by atoms with Gasteiger partial charge in [-0.05, 0) is 42.9 Å². The van der Waals surface area contributed by atoms with E-state index in [4.69, 9.17) is 16.3 Å². The second-order valence-electron chi connectivity index (χ2n) is 4.56. The number of nitrogens with one attached hydrogen (secondary N) is 1. The molecule has 0 aliphatic carbocycles. The summed E-state index contributed by atoms with van der Waals surface area (Å²) in [5.74, 6) is 0.431. The lowest BCUT2D eigenvalue weighted by atomic mass is 10.2. The van der Waals surface area contributed by atoms with Crippen molar-refractivity contribution < 1.29 is 9.13 Å². The molecule has 2 rings (SSSR count). The van der Waals surface area contributed by atoms with Crippen LogP contribution >= 0.6 is 27.5 Å². The summed E-state index contributed by atoms with van der Waals surface area (Å²) in [5.41, 5.74) is 1.47. The zero-order chi connectivity index (χ0) is 15.2. The van der Waals surface area contributed by atoms with Crippen molar-refractivity contribution in [3.63, 3.8) is 0 Å². The average molecular weight is 373 g/mol. The molecule has 0 heterocycles. The Labute approximate surface area is 137 Å². The van der Waals surface area contributed by atoms with E-state index in [1.807, 2.05) is 19.1 Å². The molecule has 5 heteroatoms. The Kier molecular flexibility index (Phi) is 6.03. The molecule has 21 heavy (non-hydrogen) atoms. The van der Waals surface area contributed by atoms with E-state index in [0.29, 0.717) is 22.9 Å². The smallest absolute Gasteiger partial charge is 0.129 e. The molecule has 0 amide bonds. The van der Waals surface area contributed by atoms with Crippen LogP contribution in [0.5, 0.6) is 5.75 Å². The van der Waals surface area contributed by atoms with Gasteiger partial charge in [0.1, 0.15) is 18.2 Å². The molecule has 112 valence electrons. The minimum Gasteiger partial charge on any atom is -0.488 e. The molecule has 0 aromatic heterocycles. The lowest BCUT2D eigenvalue weighted by Gasteiger charge is -2.13. The highest BCUT2D eigenvalue weighted by molar-refractivity contribution is 9.10. The largest absolute Gasteiger partial charge is 0.488 e. The molecule has 0 saturated heterocycles. The molecule has 0 unspecified atom stereocenters. The fraction of sp³-hybridized carbons (Fsp3) is 0.250. The topological polar surface area (TPSA) is 21.3 Å². The first kappa shape index (κ1) is 16.3. The van der Waals surface area contributed by atoms with Gasteiger partial charge in [0.15, 0.2) is 0 Å². The predicted octanol–water partition coefficient (Wildman–Crippen LogP) is 4.93. The summed E-state index contributed by atoms with van der Waals surface area (Å²) < 4.78 is 20.3. The van der Waals surface area contributed by atoms with E-state index < -0.39 is 0 Å². The maximum absolute atomic E-state index is 13.7. The van der Waals surface area contributed by atoms with E-state index in [0.717, 1.165) is 16.6 Å². The van der Waals surface area contributed by atoms with Crippen molar-refractivity contribution >= 4 is 27.5 Å². The Hall–Kier alpha value is -1.10. The van der Waals surface area contributed by atoms with Crippen LogP contribution in [-0.4, -0.2) is 6.54 Å². The number of hydrogen-bond acceptors (Lipinski definition) is 2. The van der Waals surface area contributed by atoms with Gasteiger partial charge in [0.05, 0.1) is 0 Å². The van der Waals surface area contributed by atoms with E-state index in [-0.39, 0.29) is 12.4 Å². The SMILES string of the molecule is CCNCc1cc(Cl)ccc1OCc1cc(Br)ccc1F. The zero-order valence-electron chi connectivity index (χ0n) is 11.6. The second-order valence-corrected chi connectivity index (χ2v) is 5.91. The standard InChI is InChI=1S/C16H16BrClFNO/c1-2-20-9-11-8-14(18)4-6-16(11)21-10-12-7-13(17)3-5-15(12)19/h3-8,20H,2,9-10H2,1H3. The zero-order valence-corrected chi connectivity index (χ0v) is 14.0. The fourth-order valence-corrected chi connectivity index (χ4v) is 2.50. The van der Waals surface area contributed by atoms with Gasteiger partial charge in [0.25, 0.3) is 0 Å². The highest BCUT2D eigenvalue weighted by Gasteiger charge is 2.08. The summed E-state index contributed by atoms with van der Waals surface area (Å²) in [6.07, 6.45) is 0. The quantitative estimate of drug-likeness (QED) is 0.776. The van der Waals surface area contributed by atoms with E-state index >= 15 is 0 Å². The highest BCUT2D eigenvalue weighted by Crippen LogP contribution is 2.25. The van der Waals surface area contributed by atoms with Gasteiger partial charge in [0.2, 0.25) is 0 Å². The normalized spacial score (nSPS) is 10.7. The third-order valence-electron chi connectivity index (χ3n) is 2.98.